The van der Waals surface area contributed by atoms with Gasteiger partial charge in [0.2, 0.25) is 0 Å². The molecule has 0 bridgehead atoms. The van der Waals surface area contributed by atoms with E-state index in [1.165, 1.54) is 18.0 Å². The van der Waals surface area contributed by atoms with E-state index in [4.69, 9.17) is 0 Å². The van der Waals surface area contributed by atoms with Crippen LogP contribution in [0, 0.1) is 0 Å². The van der Waals surface area contributed by atoms with Gasteiger partial charge in [-0.15, -0.1) is 0 Å². The van der Waals surface area contributed by atoms with Crippen molar-refractivity contribution in [3.63, 3.8) is 0 Å². The second-order valence-electron chi connectivity index (χ2n) is 4.32. The molecule has 19 heavy (non-hydrogen) atoms. The molecular formula is C15H17N3O. The van der Waals surface area contributed by atoms with Gasteiger partial charge < -0.3 is 5.32 Å². The van der Waals surface area contributed by atoms with Gasteiger partial charge in [-0.3, -0.25) is 9.78 Å². The van der Waals surface area contributed by atoms with Gasteiger partial charge in [0.1, 0.15) is 5.69 Å². The molecule has 1 aromatic heterocycles. The van der Waals surface area contributed by atoms with Crippen LogP contribution in [0.2, 0.25) is 0 Å². The molecule has 1 atom stereocenters. The van der Waals surface area contributed by atoms with Crippen LogP contribution >= 0.6 is 0 Å². The average Bonchev–Trinajstić information content (AvgIpc) is 2.49. The number of aromatic nitrogens is 2. The summed E-state index contributed by atoms with van der Waals surface area (Å²) in [5, 5.41) is 2.91. The second-order valence-corrected chi connectivity index (χ2v) is 4.32. The lowest BCUT2D eigenvalue weighted by molar-refractivity contribution is 0.0945. The maximum absolute atomic E-state index is 11.9. The van der Waals surface area contributed by atoms with E-state index in [0.29, 0.717) is 18.2 Å². The molecule has 0 unspecified atom stereocenters. The number of nitrogens with one attached hydrogen (secondary N) is 1. The summed E-state index contributed by atoms with van der Waals surface area (Å²) < 4.78 is 0. The van der Waals surface area contributed by atoms with Gasteiger partial charge in [-0.2, -0.15) is 0 Å². The first-order chi connectivity index (χ1) is 9.31. The maximum atomic E-state index is 11.9. The van der Waals surface area contributed by atoms with Crippen molar-refractivity contribution in [2.24, 2.45) is 0 Å². The average molecular weight is 255 g/mol. The molecule has 0 saturated carbocycles. The molecule has 0 aliphatic rings. The molecule has 98 valence electrons. The monoisotopic (exact) mass is 255 g/mol. The zero-order valence-electron chi connectivity index (χ0n) is 10.9. The van der Waals surface area contributed by atoms with E-state index in [9.17, 15) is 4.79 Å². The molecule has 4 heteroatoms. The summed E-state index contributed by atoms with van der Waals surface area (Å²) >= 11 is 0. The lowest BCUT2D eigenvalue weighted by Crippen LogP contribution is -2.29. The summed E-state index contributed by atoms with van der Waals surface area (Å²) in [6.07, 6.45) is 5.52. The first-order valence-corrected chi connectivity index (χ1v) is 6.40. The molecule has 0 radical (unpaired) electrons. The van der Waals surface area contributed by atoms with E-state index in [0.717, 1.165) is 6.42 Å². The van der Waals surface area contributed by atoms with Gasteiger partial charge >= 0.3 is 0 Å². The Bertz CT molecular complexity index is 513. The van der Waals surface area contributed by atoms with Crippen molar-refractivity contribution in [1.29, 1.82) is 0 Å². The molecular weight excluding hydrogens is 238 g/mol. The minimum absolute atomic E-state index is 0.178. The summed E-state index contributed by atoms with van der Waals surface area (Å²) in [6, 6.07) is 10.2. The standard InChI is InChI=1S/C15H17N3O/c1-2-12(13-6-4-3-5-7-13)10-18-15(19)14-11-16-8-9-17-14/h3-9,11-12H,2,10H2,1H3,(H,18,19)/t12-/m1/s1. The quantitative estimate of drug-likeness (QED) is 0.892. The molecule has 0 spiro atoms. The largest absolute Gasteiger partial charge is 0.350 e. The fraction of sp³-hybridized carbons (Fsp3) is 0.267. The third kappa shape index (κ3) is 3.61. The summed E-state index contributed by atoms with van der Waals surface area (Å²) in [4.78, 5) is 19.8. The van der Waals surface area contributed by atoms with Crippen molar-refractivity contribution in [2.45, 2.75) is 19.3 Å². The number of rotatable bonds is 5. The molecule has 0 aliphatic heterocycles. The lowest BCUT2D eigenvalue weighted by atomic mass is 9.96. The highest BCUT2D eigenvalue weighted by molar-refractivity contribution is 5.91. The van der Waals surface area contributed by atoms with Crippen LogP contribution in [-0.4, -0.2) is 22.4 Å². The zero-order chi connectivity index (χ0) is 13.5. The van der Waals surface area contributed by atoms with Gasteiger partial charge in [-0.1, -0.05) is 37.3 Å². The summed E-state index contributed by atoms with van der Waals surface area (Å²) in [5.41, 5.74) is 1.59. The number of carbonyl (C=O) groups excluding carboxylic acids is 1. The van der Waals surface area contributed by atoms with Crippen molar-refractivity contribution < 1.29 is 4.79 Å². The Kier molecular flexibility index (Phi) is 4.61. The summed E-state index contributed by atoms with van der Waals surface area (Å²) in [7, 11) is 0. The van der Waals surface area contributed by atoms with Crippen LogP contribution in [0.15, 0.2) is 48.9 Å². The molecule has 1 amide bonds. The van der Waals surface area contributed by atoms with Gasteiger partial charge in [0.25, 0.3) is 5.91 Å². The SMILES string of the molecule is CC[C@H](CNC(=O)c1cnccn1)c1ccccc1. The van der Waals surface area contributed by atoms with Gasteiger partial charge in [0, 0.05) is 24.9 Å². The number of amides is 1. The lowest BCUT2D eigenvalue weighted by Gasteiger charge is -2.15. The molecule has 0 fully saturated rings. The van der Waals surface area contributed by atoms with Gasteiger partial charge in [-0.05, 0) is 12.0 Å². The van der Waals surface area contributed by atoms with Crippen molar-refractivity contribution in [3.05, 3.63) is 60.2 Å². The Morgan fingerprint density at radius 1 is 1.26 bits per heavy atom. The zero-order valence-corrected chi connectivity index (χ0v) is 10.9. The van der Waals surface area contributed by atoms with Crippen LogP contribution < -0.4 is 5.32 Å². The Balaban J connectivity index is 1.96. The molecule has 0 saturated heterocycles. The molecule has 4 nitrogen and oxygen atoms in total. The highest BCUT2D eigenvalue weighted by atomic mass is 16.1. The molecule has 1 aromatic carbocycles. The Hall–Kier alpha value is -2.23. The number of hydrogen-bond acceptors (Lipinski definition) is 3. The molecule has 2 aromatic rings. The molecule has 0 aliphatic carbocycles. The number of nitrogens with zero attached hydrogens (tertiary/aromatic N) is 2. The normalized spacial score (nSPS) is 11.8. The number of hydrogen-bond donors (Lipinski definition) is 1. The van der Waals surface area contributed by atoms with E-state index >= 15 is 0 Å². The maximum Gasteiger partial charge on any atom is 0.271 e. The van der Waals surface area contributed by atoms with Crippen molar-refractivity contribution in [3.8, 4) is 0 Å². The molecule has 1 heterocycles. The van der Waals surface area contributed by atoms with E-state index in [1.807, 2.05) is 18.2 Å². The highest BCUT2D eigenvalue weighted by Crippen LogP contribution is 2.17. The van der Waals surface area contributed by atoms with E-state index in [2.05, 4.69) is 34.3 Å². The van der Waals surface area contributed by atoms with Gasteiger partial charge in [-0.25, -0.2) is 4.98 Å². The predicted molar refractivity (Wildman–Crippen MR) is 73.8 cm³/mol. The Labute approximate surface area is 112 Å². The second kappa shape index (κ2) is 6.64. The third-order valence-corrected chi connectivity index (χ3v) is 3.07. The van der Waals surface area contributed by atoms with Crippen molar-refractivity contribution >= 4 is 5.91 Å². The summed E-state index contributed by atoms with van der Waals surface area (Å²) in [6.45, 7) is 2.72. The van der Waals surface area contributed by atoms with E-state index in [1.54, 1.807) is 6.20 Å². The van der Waals surface area contributed by atoms with Crippen LogP contribution in [0.5, 0.6) is 0 Å². The van der Waals surface area contributed by atoms with E-state index in [-0.39, 0.29) is 5.91 Å². The fourth-order valence-corrected chi connectivity index (χ4v) is 1.95. The first-order valence-electron chi connectivity index (χ1n) is 6.40. The van der Waals surface area contributed by atoms with Crippen LogP contribution in [0.25, 0.3) is 0 Å². The van der Waals surface area contributed by atoms with Gasteiger partial charge in [0.15, 0.2) is 0 Å². The molecule has 1 N–H and O–H groups in total. The smallest absolute Gasteiger partial charge is 0.271 e. The highest BCUT2D eigenvalue weighted by Gasteiger charge is 2.12. The minimum Gasteiger partial charge on any atom is -0.350 e. The predicted octanol–water partition coefficient (Wildman–Crippen LogP) is 2.40. The third-order valence-electron chi connectivity index (χ3n) is 3.07. The minimum atomic E-state index is -0.178. The topological polar surface area (TPSA) is 54.9 Å². The number of carbonyl (C=O) groups is 1. The van der Waals surface area contributed by atoms with E-state index < -0.39 is 0 Å². The van der Waals surface area contributed by atoms with Crippen LogP contribution in [0.3, 0.4) is 0 Å². The van der Waals surface area contributed by atoms with Crippen LogP contribution in [0.1, 0.15) is 35.3 Å². The van der Waals surface area contributed by atoms with Crippen LogP contribution in [0.4, 0.5) is 0 Å². The van der Waals surface area contributed by atoms with Gasteiger partial charge in [0.05, 0.1) is 6.20 Å². The Morgan fingerprint density at radius 3 is 2.68 bits per heavy atom. The number of benzene rings is 1. The van der Waals surface area contributed by atoms with Crippen molar-refractivity contribution in [2.75, 3.05) is 6.54 Å². The van der Waals surface area contributed by atoms with Crippen molar-refractivity contribution in [1.82, 2.24) is 15.3 Å². The Morgan fingerprint density at radius 2 is 2.05 bits per heavy atom. The molecule has 2 rings (SSSR count). The summed E-state index contributed by atoms with van der Waals surface area (Å²) in [5.74, 6) is 0.143. The van der Waals surface area contributed by atoms with Crippen LogP contribution in [-0.2, 0) is 0 Å². The first kappa shape index (κ1) is 13.2. The fourth-order valence-electron chi connectivity index (χ4n) is 1.95.